The van der Waals surface area contributed by atoms with Crippen LogP contribution in [0.2, 0.25) is 0 Å². The van der Waals surface area contributed by atoms with Gasteiger partial charge < -0.3 is 50.5 Å². The van der Waals surface area contributed by atoms with Gasteiger partial charge in [0.15, 0.2) is 0 Å². The number of amides is 1. The Hall–Kier alpha value is -8.33. The number of aromatic amines is 2. The van der Waals surface area contributed by atoms with Gasteiger partial charge in [-0.2, -0.15) is 0 Å². The van der Waals surface area contributed by atoms with Gasteiger partial charge in [-0.1, -0.05) is 6.07 Å². The van der Waals surface area contributed by atoms with E-state index in [2.05, 4.69) is 45.6 Å². The highest BCUT2D eigenvalue weighted by Crippen LogP contribution is 2.37. The van der Waals surface area contributed by atoms with E-state index in [1.165, 1.54) is 30.6 Å². The molecule has 4 saturated heterocycles. The normalized spacial score (nSPS) is 17.9. The van der Waals surface area contributed by atoms with Crippen molar-refractivity contribution in [3.8, 4) is 28.3 Å². The lowest BCUT2D eigenvalue weighted by molar-refractivity contribution is 0.0568. The van der Waals surface area contributed by atoms with E-state index >= 15 is 8.78 Å². The molecular formula is C57H57F2N13O5. The molecule has 12 rings (SSSR count). The van der Waals surface area contributed by atoms with Crippen molar-refractivity contribution in [2.75, 3.05) is 92.5 Å². The van der Waals surface area contributed by atoms with Gasteiger partial charge in [-0.3, -0.25) is 19.3 Å². The van der Waals surface area contributed by atoms with Crippen LogP contribution in [-0.2, 0) is 6.54 Å². The summed E-state index contributed by atoms with van der Waals surface area (Å²) in [6.45, 7) is 8.14. The molecule has 2 aromatic carbocycles. The van der Waals surface area contributed by atoms with Crippen LogP contribution >= 0.6 is 0 Å². The summed E-state index contributed by atoms with van der Waals surface area (Å²) in [5, 5.41) is 21.9. The van der Waals surface area contributed by atoms with E-state index in [4.69, 9.17) is 19.7 Å². The molecule has 10 heterocycles. The number of aromatic nitrogens is 6. The second-order valence-electron chi connectivity index (χ2n) is 20.2. The molecule has 0 radical (unpaired) electrons. The lowest BCUT2D eigenvalue weighted by Crippen LogP contribution is -2.46. The fourth-order valence-corrected chi connectivity index (χ4v) is 10.8. The van der Waals surface area contributed by atoms with Crippen molar-refractivity contribution >= 4 is 62.1 Å². The Morgan fingerprint density at radius 2 is 1.31 bits per heavy atom. The van der Waals surface area contributed by atoms with E-state index in [1.807, 2.05) is 24.3 Å². The Balaban J connectivity index is 0.786. The first kappa shape index (κ1) is 49.5. The molecule has 8 aromatic rings. The third-order valence-electron chi connectivity index (χ3n) is 15.1. The minimum atomic E-state index is -0.749. The molecule has 4 fully saturated rings. The van der Waals surface area contributed by atoms with Crippen LogP contribution in [0.3, 0.4) is 0 Å². The topological polar surface area (TPSA) is 213 Å². The molecule has 4 aliphatic heterocycles. The van der Waals surface area contributed by atoms with Crippen molar-refractivity contribution in [3.63, 3.8) is 0 Å². The number of piperazine rings is 1. The number of carbonyl (C=O) groups is 1. The van der Waals surface area contributed by atoms with Gasteiger partial charge in [0.2, 0.25) is 0 Å². The van der Waals surface area contributed by atoms with Crippen molar-refractivity contribution < 1.29 is 23.4 Å². The standard InChI is InChI=1S/C57H57F2N13O5/c58-41-7-4-34(31-69-17-1-2-18-69)24-38(41)45-27-47(53-43(65-45)10-13-61-55(53)74)67-52-9-6-37(30-64-52)72-21-12-49(73)35(32-72)33-77-50-26-39(42(59)25-40(50)57(76)71-19-3-20-71)46-28-48(54-44(66-46)11-14-62-56(54)75)68-51-8-5-36(29-63-51)70-22-15-60-16-23-70/h4-11,13-14,24-30,35,49,60,73H,1-3,12,15-23,31-33H2,(H,61,74)(H,62,75)(H,63,66,68)(H,64,65,67). The number of carbonyl (C=O) groups excluding carboxylic acids is 1. The number of likely N-dealkylation sites (tertiary alicyclic amines) is 2. The van der Waals surface area contributed by atoms with Crippen LogP contribution in [0.4, 0.5) is 43.2 Å². The van der Waals surface area contributed by atoms with Crippen molar-refractivity contribution in [3.05, 3.63) is 147 Å². The van der Waals surface area contributed by atoms with E-state index in [9.17, 15) is 19.5 Å². The van der Waals surface area contributed by atoms with Gasteiger partial charge in [0.25, 0.3) is 17.0 Å². The van der Waals surface area contributed by atoms with Crippen molar-refractivity contribution in [2.45, 2.75) is 38.3 Å². The number of H-pyrrole nitrogens is 2. The molecule has 18 nitrogen and oxygen atoms in total. The van der Waals surface area contributed by atoms with Gasteiger partial charge in [0.05, 0.1) is 86.6 Å². The van der Waals surface area contributed by atoms with Crippen molar-refractivity contribution in [2.24, 2.45) is 5.92 Å². The summed E-state index contributed by atoms with van der Waals surface area (Å²) in [5.41, 5.74) is 4.48. The summed E-state index contributed by atoms with van der Waals surface area (Å²) in [7, 11) is 0. The first-order valence-corrected chi connectivity index (χ1v) is 26.3. The van der Waals surface area contributed by atoms with E-state index < -0.39 is 23.7 Å². The number of nitrogens with one attached hydrogen (secondary N) is 5. The Labute approximate surface area is 441 Å². The Bertz CT molecular complexity index is 3620. The molecule has 0 bridgehead atoms. The summed E-state index contributed by atoms with van der Waals surface area (Å²) >= 11 is 0. The third-order valence-corrected chi connectivity index (χ3v) is 15.1. The highest BCUT2D eigenvalue weighted by Gasteiger charge is 2.32. The lowest BCUT2D eigenvalue weighted by atomic mass is 9.95. The smallest absolute Gasteiger partial charge is 0.259 e. The molecule has 77 heavy (non-hydrogen) atoms. The summed E-state index contributed by atoms with van der Waals surface area (Å²) in [4.78, 5) is 73.0. The first-order chi connectivity index (χ1) is 37.6. The predicted octanol–water partition coefficient (Wildman–Crippen LogP) is 7.17. The van der Waals surface area contributed by atoms with Crippen LogP contribution in [0, 0.1) is 17.6 Å². The molecule has 394 valence electrons. The van der Waals surface area contributed by atoms with Crippen molar-refractivity contribution in [1.29, 1.82) is 0 Å². The monoisotopic (exact) mass is 1040 g/mol. The number of benzene rings is 2. The maximum atomic E-state index is 16.6. The fourth-order valence-electron chi connectivity index (χ4n) is 10.8. The number of aliphatic hydroxyl groups excluding tert-OH is 1. The second-order valence-corrected chi connectivity index (χ2v) is 20.2. The Kier molecular flexibility index (Phi) is 13.7. The summed E-state index contributed by atoms with van der Waals surface area (Å²) in [6.07, 6.45) is 9.27. The largest absolute Gasteiger partial charge is 0.492 e. The minimum Gasteiger partial charge on any atom is -0.492 e. The number of piperidine rings is 1. The van der Waals surface area contributed by atoms with Crippen LogP contribution < -0.4 is 41.6 Å². The average molecular weight is 1040 g/mol. The van der Waals surface area contributed by atoms with Gasteiger partial charge in [-0.05, 0) is 117 Å². The summed E-state index contributed by atoms with van der Waals surface area (Å²) in [6, 6.07) is 21.8. The number of nitrogens with zero attached hydrogens (tertiary/aromatic N) is 8. The zero-order chi connectivity index (χ0) is 52.6. The predicted molar refractivity (Wildman–Crippen MR) is 292 cm³/mol. The van der Waals surface area contributed by atoms with E-state index in [0.29, 0.717) is 89.8 Å². The van der Waals surface area contributed by atoms with Gasteiger partial charge in [0.1, 0.15) is 29.0 Å². The summed E-state index contributed by atoms with van der Waals surface area (Å²) < 4.78 is 38.6. The number of rotatable bonds is 14. The minimum absolute atomic E-state index is 0.00716. The first-order valence-electron chi connectivity index (χ1n) is 26.3. The molecule has 0 spiro atoms. The number of halogens is 2. The number of aliphatic hydroxyl groups is 1. The molecule has 4 aliphatic rings. The number of ether oxygens (including phenoxy) is 1. The average Bonchev–Trinajstić information content (AvgIpc) is 3.96. The number of hydrogen-bond acceptors (Lipinski definition) is 15. The van der Waals surface area contributed by atoms with Gasteiger partial charge in [-0.25, -0.2) is 28.7 Å². The van der Waals surface area contributed by atoms with Crippen LogP contribution in [-0.4, -0.2) is 129 Å². The van der Waals surface area contributed by atoms with E-state index in [0.717, 1.165) is 75.5 Å². The molecule has 6 N–H and O–H groups in total. The zero-order valence-corrected chi connectivity index (χ0v) is 42.2. The summed E-state index contributed by atoms with van der Waals surface area (Å²) in [5.74, 6) is -0.869. The van der Waals surface area contributed by atoms with Crippen LogP contribution in [0.5, 0.6) is 5.75 Å². The van der Waals surface area contributed by atoms with Gasteiger partial charge in [-0.15, -0.1) is 0 Å². The number of hydrogen-bond donors (Lipinski definition) is 6. The maximum absolute atomic E-state index is 16.6. The van der Waals surface area contributed by atoms with Crippen LogP contribution in [0.25, 0.3) is 44.3 Å². The highest BCUT2D eigenvalue weighted by atomic mass is 19.1. The van der Waals surface area contributed by atoms with E-state index in [-0.39, 0.29) is 51.6 Å². The molecule has 6 aromatic heterocycles. The maximum Gasteiger partial charge on any atom is 0.259 e. The number of anilines is 6. The molecular weight excluding hydrogens is 985 g/mol. The molecule has 1 amide bonds. The van der Waals surface area contributed by atoms with Crippen LogP contribution in [0.15, 0.2) is 113 Å². The highest BCUT2D eigenvalue weighted by molar-refractivity contribution is 5.99. The zero-order valence-electron chi connectivity index (χ0n) is 42.2. The molecule has 20 heteroatoms. The molecule has 0 saturated carbocycles. The quantitative estimate of drug-likeness (QED) is 0.0638. The number of fused-ring (bicyclic) bond motifs is 2. The molecule has 2 unspecified atom stereocenters. The van der Waals surface area contributed by atoms with Crippen molar-refractivity contribution in [1.82, 2.24) is 45.0 Å². The molecule has 2 atom stereocenters. The van der Waals surface area contributed by atoms with Crippen LogP contribution in [0.1, 0.15) is 41.6 Å². The third kappa shape index (κ3) is 10.4. The second kappa shape index (κ2) is 21.4. The fraction of sp³-hybridized carbons (Fsp3) is 0.316. The molecule has 0 aliphatic carbocycles. The Morgan fingerprint density at radius 1 is 0.688 bits per heavy atom. The SMILES string of the molecule is O=C(c1cc(F)c(-c2cc(Nc3ccc(N4CCNCC4)cn3)c3c(=O)[nH]ccc3n2)cc1OCC1CN(c2ccc(Nc3cc(-c4cc(CN5CCCC5)ccc4F)nc4cc[nH]c(=O)c34)nc2)CCC1O)N1CCC1. The lowest BCUT2D eigenvalue weighted by Gasteiger charge is -2.37. The van der Waals surface area contributed by atoms with E-state index in [1.54, 1.807) is 53.7 Å². The van der Waals surface area contributed by atoms with Gasteiger partial charge >= 0.3 is 0 Å². The van der Waals surface area contributed by atoms with Gasteiger partial charge in [0, 0.05) is 88.3 Å². The number of pyridine rings is 6. The Morgan fingerprint density at radius 3 is 1.91 bits per heavy atom.